The van der Waals surface area contributed by atoms with E-state index in [0.29, 0.717) is 37.4 Å². The highest BCUT2D eigenvalue weighted by Crippen LogP contribution is 2.24. The van der Waals surface area contributed by atoms with Gasteiger partial charge < -0.3 is 14.9 Å². The second-order valence-corrected chi connectivity index (χ2v) is 7.46. The van der Waals surface area contributed by atoms with Crippen LogP contribution < -0.4 is 0 Å². The Bertz CT molecular complexity index is 687. The highest BCUT2D eigenvalue weighted by Gasteiger charge is 2.31. The van der Waals surface area contributed by atoms with Crippen LogP contribution in [0.25, 0.3) is 0 Å². The molecule has 2 fully saturated rings. The monoisotopic (exact) mass is 358 g/mol. The zero-order chi connectivity index (χ0) is 18.7. The fourth-order valence-corrected chi connectivity index (χ4v) is 3.78. The molecule has 26 heavy (non-hydrogen) atoms. The Morgan fingerprint density at radius 2 is 1.50 bits per heavy atom. The Morgan fingerprint density at radius 3 is 2.12 bits per heavy atom. The molecule has 1 N–H and O–H groups in total. The minimum Gasteiger partial charge on any atom is -0.478 e. The van der Waals surface area contributed by atoms with E-state index in [1.165, 1.54) is 12.1 Å². The standard InChI is InChI=1S/C20H26N2O4/c1-14-5-9-21(10-6-14)18(23)15-7-11-22(12-8-15)19(24)16-3-2-4-17(13-16)20(25)26/h2-4,13-15H,5-12H2,1H3,(H,25,26). The predicted octanol–water partition coefficient (Wildman–Crippen LogP) is 2.50. The van der Waals surface area contributed by atoms with Crippen molar-refractivity contribution in [1.29, 1.82) is 0 Å². The largest absolute Gasteiger partial charge is 0.478 e. The molecule has 140 valence electrons. The number of hydrogen-bond acceptors (Lipinski definition) is 3. The number of rotatable bonds is 3. The first kappa shape index (κ1) is 18.4. The maximum absolute atomic E-state index is 12.7. The minimum absolute atomic E-state index is 0.00203. The molecule has 0 aromatic heterocycles. The van der Waals surface area contributed by atoms with E-state index in [-0.39, 0.29) is 23.3 Å². The molecular weight excluding hydrogens is 332 g/mol. The van der Waals surface area contributed by atoms with E-state index in [1.54, 1.807) is 17.0 Å². The van der Waals surface area contributed by atoms with Crippen molar-refractivity contribution in [2.24, 2.45) is 11.8 Å². The summed E-state index contributed by atoms with van der Waals surface area (Å²) in [7, 11) is 0. The summed E-state index contributed by atoms with van der Waals surface area (Å²) < 4.78 is 0. The van der Waals surface area contributed by atoms with Gasteiger partial charge in [-0.15, -0.1) is 0 Å². The summed E-state index contributed by atoms with van der Waals surface area (Å²) in [6.45, 7) is 5.00. The van der Waals surface area contributed by atoms with Crippen LogP contribution in [-0.4, -0.2) is 58.9 Å². The summed E-state index contributed by atoms with van der Waals surface area (Å²) in [6.07, 6.45) is 3.50. The number of benzene rings is 1. The maximum Gasteiger partial charge on any atom is 0.335 e. The van der Waals surface area contributed by atoms with Gasteiger partial charge in [-0.3, -0.25) is 9.59 Å². The van der Waals surface area contributed by atoms with Crippen LogP contribution in [0.15, 0.2) is 24.3 Å². The molecule has 0 radical (unpaired) electrons. The lowest BCUT2D eigenvalue weighted by Gasteiger charge is -2.36. The second-order valence-electron chi connectivity index (χ2n) is 7.46. The van der Waals surface area contributed by atoms with Crippen LogP contribution >= 0.6 is 0 Å². The Balaban J connectivity index is 1.56. The molecule has 2 saturated heterocycles. The molecule has 6 nitrogen and oxygen atoms in total. The smallest absolute Gasteiger partial charge is 0.335 e. The van der Waals surface area contributed by atoms with Crippen molar-refractivity contribution in [1.82, 2.24) is 9.80 Å². The Labute approximate surface area is 153 Å². The third-order valence-electron chi connectivity index (χ3n) is 5.58. The van der Waals surface area contributed by atoms with Crippen molar-refractivity contribution in [2.75, 3.05) is 26.2 Å². The number of amides is 2. The molecule has 1 aromatic carbocycles. The number of carboxylic acids is 1. The number of carbonyl (C=O) groups is 3. The van der Waals surface area contributed by atoms with Crippen molar-refractivity contribution in [3.63, 3.8) is 0 Å². The summed E-state index contributed by atoms with van der Waals surface area (Å²) >= 11 is 0. The number of likely N-dealkylation sites (tertiary alicyclic amines) is 2. The van der Waals surface area contributed by atoms with Crippen molar-refractivity contribution < 1.29 is 19.5 Å². The zero-order valence-corrected chi connectivity index (χ0v) is 15.2. The zero-order valence-electron chi connectivity index (χ0n) is 15.2. The molecule has 3 rings (SSSR count). The molecule has 0 saturated carbocycles. The van der Waals surface area contributed by atoms with Gasteiger partial charge in [-0.05, 0) is 49.8 Å². The molecular formula is C20H26N2O4. The van der Waals surface area contributed by atoms with Gasteiger partial charge in [-0.25, -0.2) is 4.79 Å². The molecule has 2 heterocycles. The molecule has 0 unspecified atom stereocenters. The number of hydrogen-bond donors (Lipinski definition) is 1. The number of carboxylic acid groups (broad SMARTS) is 1. The van der Waals surface area contributed by atoms with Gasteiger partial charge in [0.05, 0.1) is 5.56 Å². The molecule has 0 atom stereocenters. The number of nitrogens with zero attached hydrogens (tertiary/aromatic N) is 2. The van der Waals surface area contributed by atoms with Gasteiger partial charge >= 0.3 is 5.97 Å². The highest BCUT2D eigenvalue weighted by molar-refractivity contribution is 5.97. The lowest BCUT2D eigenvalue weighted by Crippen LogP contribution is -2.46. The van der Waals surface area contributed by atoms with Crippen LogP contribution in [0, 0.1) is 11.8 Å². The minimum atomic E-state index is -1.04. The Morgan fingerprint density at radius 1 is 0.923 bits per heavy atom. The van der Waals surface area contributed by atoms with Gasteiger partial charge in [0, 0.05) is 37.7 Å². The first-order valence-corrected chi connectivity index (χ1v) is 9.37. The fraction of sp³-hybridized carbons (Fsp3) is 0.550. The quantitative estimate of drug-likeness (QED) is 0.900. The third kappa shape index (κ3) is 4.06. The summed E-state index contributed by atoms with van der Waals surface area (Å²) in [5.41, 5.74) is 0.500. The van der Waals surface area contributed by atoms with Crippen LogP contribution in [0.3, 0.4) is 0 Å². The topological polar surface area (TPSA) is 77.9 Å². The maximum atomic E-state index is 12.7. The van der Waals surface area contributed by atoms with E-state index in [9.17, 15) is 14.4 Å². The molecule has 0 aliphatic carbocycles. The first-order chi connectivity index (χ1) is 12.5. The van der Waals surface area contributed by atoms with Crippen LogP contribution in [-0.2, 0) is 4.79 Å². The Hall–Kier alpha value is -2.37. The lowest BCUT2D eigenvalue weighted by atomic mass is 9.92. The number of aromatic carboxylic acids is 1. The number of piperidine rings is 2. The van der Waals surface area contributed by atoms with E-state index in [0.717, 1.165) is 25.9 Å². The van der Waals surface area contributed by atoms with Gasteiger partial charge in [-0.1, -0.05) is 13.0 Å². The van der Waals surface area contributed by atoms with E-state index < -0.39 is 5.97 Å². The molecule has 0 spiro atoms. The summed E-state index contributed by atoms with van der Waals surface area (Å²) in [5.74, 6) is -0.277. The van der Waals surface area contributed by atoms with E-state index in [2.05, 4.69) is 6.92 Å². The van der Waals surface area contributed by atoms with Crippen LogP contribution in [0.4, 0.5) is 0 Å². The average Bonchev–Trinajstić information content (AvgIpc) is 2.67. The average molecular weight is 358 g/mol. The van der Waals surface area contributed by atoms with Gasteiger partial charge in [0.1, 0.15) is 0 Å². The van der Waals surface area contributed by atoms with E-state index >= 15 is 0 Å². The Kier molecular flexibility index (Phi) is 5.59. The van der Waals surface area contributed by atoms with Crippen LogP contribution in [0.1, 0.15) is 53.3 Å². The van der Waals surface area contributed by atoms with Gasteiger partial charge in [0.2, 0.25) is 5.91 Å². The lowest BCUT2D eigenvalue weighted by molar-refractivity contribution is -0.138. The second kappa shape index (κ2) is 7.89. The molecule has 1 aromatic rings. The highest BCUT2D eigenvalue weighted by atomic mass is 16.4. The first-order valence-electron chi connectivity index (χ1n) is 9.37. The fourth-order valence-electron chi connectivity index (χ4n) is 3.78. The van der Waals surface area contributed by atoms with Crippen molar-refractivity contribution >= 4 is 17.8 Å². The van der Waals surface area contributed by atoms with Crippen LogP contribution in [0.5, 0.6) is 0 Å². The molecule has 6 heteroatoms. The van der Waals surface area contributed by atoms with Gasteiger partial charge in [-0.2, -0.15) is 0 Å². The summed E-state index contributed by atoms with van der Waals surface area (Å²) in [6, 6.07) is 6.12. The van der Waals surface area contributed by atoms with Gasteiger partial charge in [0.15, 0.2) is 0 Å². The third-order valence-corrected chi connectivity index (χ3v) is 5.58. The SMILES string of the molecule is CC1CCN(C(=O)C2CCN(C(=O)c3cccc(C(=O)O)c3)CC2)CC1. The molecule has 0 bridgehead atoms. The predicted molar refractivity (Wildman–Crippen MR) is 97.0 cm³/mol. The summed E-state index contributed by atoms with van der Waals surface area (Å²) in [4.78, 5) is 40.1. The summed E-state index contributed by atoms with van der Waals surface area (Å²) in [5, 5.41) is 9.07. The van der Waals surface area contributed by atoms with E-state index in [4.69, 9.17) is 5.11 Å². The number of carbonyl (C=O) groups excluding carboxylic acids is 2. The van der Waals surface area contributed by atoms with Crippen LogP contribution in [0.2, 0.25) is 0 Å². The molecule has 2 amide bonds. The van der Waals surface area contributed by atoms with Gasteiger partial charge in [0.25, 0.3) is 5.91 Å². The van der Waals surface area contributed by atoms with Crippen molar-refractivity contribution in [3.05, 3.63) is 35.4 Å². The van der Waals surface area contributed by atoms with E-state index in [1.807, 2.05) is 4.90 Å². The molecule has 2 aliphatic rings. The van der Waals surface area contributed by atoms with Crippen molar-refractivity contribution in [3.8, 4) is 0 Å². The van der Waals surface area contributed by atoms with Crippen molar-refractivity contribution in [2.45, 2.75) is 32.6 Å². The normalized spacial score (nSPS) is 19.4. The molecule has 2 aliphatic heterocycles.